The molecule has 108 valence electrons. The molecule has 0 aliphatic heterocycles. The van der Waals surface area contributed by atoms with Gasteiger partial charge in [-0.25, -0.2) is 14.1 Å². The third kappa shape index (κ3) is 3.63. The smallest absolute Gasteiger partial charge is 0.138 e. The number of rotatable bonds is 6. The number of aliphatic hydroxyl groups is 1. The summed E-state index contributed by atoms with van der Waals surface area (Å²) >= 11 is 0. The number of aliphatic hydroxyl groups excluding tert-OH is 1. The Morgan fingerprint density at radius 1 is 1.25 bits per heavy atom. The highest BCUT2D eigenvalue weighted by molar-refractivity contribution is 5.21. The van der Waals surface area contributed by atoms with E-state index in [1.807, 2.05) is 4.68 Å². The van der Waals surface area contributed by atoms with Gasteiger partial charge in [-0.1, -0.05) is 26.0 Å². The first-order valence-electron chi connectivity index (χ1n) is 6.83. The van der Waals surface area contributed by atoms with Crippen molar-refractivity contribution in [3.05, 3.63) is 47.8 Å². The van der Waals surface area contributed by atoms with Crippen LogP contribution in [0.25, 0.3) is 0 Å². The summed E-state index contributed by atoms with van der Waals surface area (Å²) in [5, 5.41) is 13.8. The fourth-order valence-corrected chi connectivity index (χ4v) is 2.19. The van der Waals surface area contributed by atoms with Crippen molar-refractivity contribution in [2.24, 2.45) is 5.92 Å². The van der Waals surface area contributed by atoms with Crippen molar-refractivity contribution in [1.29, 1.82) is 0 Å². The second kappa shape index (κ2) is 6.61. The molecule has 0 bridgehead atoms. The van der Waals surface area contributed by atoms with Gasteiger partial charge in [0.15, 0.2) is 0 Å². The molecule has 0 fully saturated rings. The van der Waals surface area contributed by atoms with Crippen LogP contribution in [0, 0.1) is 11.7 Å². The second-order valence-corrected chi connectivity index (χ2v) is 5.39. The minimum absolute atomic E-state index is 0.000170. The Kier molecular flexibility index (Phi) is 4.84. The maximum Gasteiger partial charge on any atom is 0.138 e. The predicted molar refractivity (Wildman–Crippen MR) is 74.8 cm³/mol. The van der Waals surface area contributed by atoms with E-state index < -0.39 is 0 Å². The number of aromatic nitrogens is 3. The predicted octanol–water partition coefficient (Wildman–Crippen LogP) is 2.39. The van der Waals surface area contributed by atoms with Crippen LogP contribution in [0.2, 0.25) is 0 Å². The first kappa shape index (κ1) is 14.7. The number of hydrogen-bond acceptors (Lipinski definition) is 3. The summed E-state index contributed by atoms with van der Waals surface area (Å²) in [5.74, 6) is 0.968. The molecule has 0 amide bonds. The first-order valence-corrected chi connectivity index (χ1v) is 6.83. The fourth-order valence-electron chi connectivity index (χ4n) is 2.19. The molecule has 0 aliphatic rings. The van der Waals surface area contributed by atoms with E-state index in [0.717, 1.165) is 17.9 Å². The molecule has 1 aromatic heterocycles. The third-order valence-corrected chi connectivity index (χ3v) is 3.22. The summed E-state index contributed by atoms with van der Waals surface area (Å²) < 4.78 is 14.8. The maximum atomic E-state index is 12.9. The van der Waals surface area contributed by atoms with Crippen molar-refractivity contribution in [3.63, 3.8) is 0 Å². The Balaban J connectivity index is 2.14. The minimum Gasteiger partial charge on any atom is -0.396 e. The Bertz CT molecular complexity index is 536. The molecule has 20 heavy (non-hydrogen) atoms. The molecule has 0 aliphatic carbocycles. The first-order chi connectivity index (χ1) is 9.60. The van der Waals surface area contributed by atoms with E-state index in [1.165, 1.54) is 18.5 Å². The van der Waals surface area contributed by atoms with E-state index >= 15 is 0 Å². The van der Waals surface area contributed by atoms with E-state index in [-0.39, 0.29) is 18.3 Å². The lowest BCUT2D eigenvalue weighted by Crippen LogP contribution is -2.15. The standard InChI is InChI=1S/C15H20FN3O/c1-11(2)8-19-15(17-10-18-19)7-13(9-20)12-3-5-14(16)6-4-12/h3-6,10-11,13,20H,7-9H2,1-2H3. The van der Waals surface area contributed by atoms with Gasteiger partial charge in [0.25, 0.3) is 0 Å². The molecule has 1 N–H and O–H groups in total. The van der Waals surface area contributed by atoms with Crippen LogP contribution in [-0.4, -0.2) is 26.5 Å². The topological polar surface area (TPSA) is 50.9 Å². The van der Waals surface area contributed by atoms with Gasteiger partial charge in [0, 0.05) is 18.9 Å². The molecule has 2 aromatic rings. The van der Waals surface area contributed by atoms with Crippen LogP contribution in [0.15, 0.2) is 30.6 Å². The number of benzene rings is 1. The summed E-state index contributed by atoms with van der Waals surface area (Å²) in [4.78, 5) is 4.27. The molecule has 0 saturated carbocycles. The van der Waals surface area contributed by atoms with Crippen LogP contribution < -0.4 is 0 Å². The average molecular weight is 277 g/mol. The summed E-state index contributed by atoms with van der Waals surface area (Å²) in [6, 6.07) is 6.24. The van der Waals surface area contributed by atoms with Gasteiger partial charge in [-0.05, 0) is 23.6 Å². The monoisotopic (exact) mass is 277 g/mol. The molecule has 1 unspecified atom stereocenters. The van der Waals surface area contributed by atoms with E-state index in [4.69, 9.17) is 0 Å². The number of halogens is 1. The summed E-state index contributed by atoms with van der Waals surface area (Å²) in [7, 11) is 0. The van der Waals surface area contributed by atoms with Gasteiger partial charge >= 0.3 is 0 Å². The lowest BCUT2D eigenvalue weighted by atomic mass is 9.96. The van der Waals surface area contributed by atoms with Crippen molar-refractivity contribution in [2.75, 3.05) is 6.61 Å². The largest absolute Gasteiger partial charge is 0.396 e. The highest BCUT2D eigenvalue weighted by Crippen LogP contribution is 2.20. The minimum atomic E-state index is -0.270. The molecule has 0 saturated heterocycles. The quantitative estimate of drug-likeness (QED) is 0.882. The van der Waals surface area contributed by atoms with Gasteiger partial charge < -0.3 is 5.11 Å². The Hall–Kier alpha value is -1.75. The lowest BCUT2D eigenvalue weighted by Gasteiger charge is -2.15. The molecule has 4 nitrogen and oxygen atoms in total. The van der Waals surface area contributed by atoms with E-state index in [0.29, 0.717) is 12.3 Å². The van der Waals surface area contributed by atoms with E-state index in [9.17, 15) is 9.50 Å². The zero-order valence-electron chi connectivity index (χ0n) is 11.8. The molecule has 0 spiro atoms. The molecular weight excluding hydrogens is 257 g/mol. The van der Waals surface area contributed by atoms with Crippen LogP contribution in [0.3, 0.4) is 0 Å². The van der Waals surface area contributed by atoms with Gasteiger partial charge in [0.2, 0.25) is 0 Å². The van der Waals surface area contributed by atoms with Crippen LogP contribution in [-0.2, 0) is 13.0 Å². The van der Waals surface area contributed by atoms with Gasteiger partial charge in [-0.15, -0.1) is 0 Å². The molecule has 0 radical (unpaired) electrons. The molecular formula is C15H20FN3O. The van der Waals surface area contributed by atoms with Crippen molar-refractivity contribution >= 4 is 0 Å². The van der Waals surface area contributed by atoms with E-state index in [2.05, 4.69) is 23.9 Å². The van der Waals surface area contributed by atoms with Crippen molar-refractivity contribution < 1.29 is 9.50 Å². The third-order valence-electron chi connectivity index (χ3n) is 3.22. The summed E-state index contributed by atoms with van der Waals surface area (Å²) in [6.07, 6.45) is 2.13. The van der Waals surface area contributed by atoms with E-state index in [1.54, 1.807) is 12.1 Å². The second-order valence-electron chi connectivity index (χ2n) is 5.39. The van der Waals surface area contributed by atoms with Crippen molar-refractivity contribution in [2.45, 2.75) is 32.7 Å². The summed E-state index contributed by atoms with van der Waals surface area (Å²) in [5.41, 5.74) is 0.910. The Morgan fingerprint density at radius 2 is 1.95 bits per heavy atom. The molecule has 1 heterocycles. The lowest BCUT2D eigenvalue weighted by molar-refractivity contribution is 0.261. The fraction of sp³-hybridized carbons (Fsp3) is 0.467. The zero-order chi connectivity index (χ0) is 14.5. The Morgan fingerprint density at radius 3 is 2.55 bits per heavy atom. The molecule has 2 rings (SSSR count). The van der Waals surface area contributed by atoms with Gasteiger partial charge in [0.05, 0.1) is 6.61 Å². The maximum absolute atomic E-state index is 12.9. The highest BCUT2D eigenvalue weighted by atomic mass is 19.1. The van der Waals surface area contributed by atoms with Crippen LogP contribution >= 0.6 is 0 Å². The Labute approximate surface area is 118 Å². The molecule has 5 heteroatoms. The number of hydrogen-bond donors (Lipinski definition) is 1. The van der Waals surface area contributed by atoms with Gasteiger partial charge in [0.1, 0.15) is 18.0 Å². The molecule has 1 atom stereocenters. The zero-order valence-corrected chi connectivity index (χ0v) is 11.8. The van der Waals surface area contributed by atoms with Gasteiger partial charge in [-0.3, -0.25) is 0 Å². The van der Waals surface area contributed by atoms with Gasteiger partial charge in [-0.2, -0.15) is 5.10 Å². The van der Waals surface area contributed by atoms with Crippen molar-refractivity contribution in [3.8, 4) is 0 Å². The van der Waals surface area contributed by atoms with Crippen molar-refractivity contribution in [1.82, 2.24) is 14.8 Å². The average Bonchev–Trinajstić information content (AvgIpc) is 2.83. The SMILES string of the molecule is CC(C)Cn1ncnc1CC(CO)c1ccc(F)cc1. The van der Waals surface area contributed by atoms with Crippen LogP contribution in [0.5, 0.6) is 0 Å². The van der Waals surface area contributed by atoms with Crippen LogP contribution in [0.4, 0.5) is 4.39 Å². The number of nitrogens with zero attached hydrogens (tertiary/aromatic N) is 3. The van der Waals surface area contributed by atoms with Crippen LogP contribution in [0.1, 0.15) is 31.2 Å². The molecule has 1 aromatic carbocycles. The summed E-state index contributed by atoms with van der Waals surface area (Å²) in [6.45, 7) is 5.04. The normalized spacial score (nSPS) is 12.8. The highest BCUT2D eigenvalue weighted by Gasteiger charge is 2.16.